The minimum Gasteiger partial charge on any atom is -0.462 e. The lowest BCUT2D eigenvalue weighted by atomic mass is 10.0. The monoisotopic (exact) mass is 766 g/mol. The van der Waals surface area contributed by atoms with Crippen LogP contribution in [0.5, 0.6) is 0 Å². The fourth-order valence-corrected chi connectivity index (χ4v) is 6.22. The predicted molar refractivity (Wildman–Crippen MR) is 236 cm³/mol. The molecule has 0 rings (SSSR count). The average Bonchev–Trinajstić information content (AvgIpc) is 3.18. The third kappa shape index (κ3) is 37.7. The van der Waals surface area contributed by atoms with Crippen molar-refractivity contribution in [2.24, 2.45) is 0 Å². The summed E-state index contributed by atoms with van der Waals surface area (Å²) >= 11 is 0. The summed E-state index contributed by atoms with van der Waals surface area (Å²) < 4.78 is 5.87. The number of amides is 1. The van der Waals surface area contributed by atoms with Crippen molar-refractivity contribution in [1.82, 2.24) is 5.32 Å². The van der Waals surface area contributed by atoms with Gasteiger partial charge in [-0.3, -0.25) is 9.59 Å². The highest BCUT2D eigenvalue weighted by Gasteiger charge is 2.24. The lowest BCUT2D eigenvalue weighted by Gasteiger charge is -2.24. The molecule has 0 aliphatic rings. The summed E-state index contributed by atoms with van der Waals surface area (Å²) in [5.74, 6) is -0.554. The number of carbonyl (C=O) groups is 2. The van der Waals surface area contributed by atoms with Crippen LogP contribution in [0.2, 0.25) is 0 Å². The number of hydrogen-bond acceptors (Lipinski definition) is 5. The van der Waals surface area contributed by atoms with E-state index in [1.165, 1.54) is 38.5 Å². The fourth-order valence-electron chi connectivity index (χ4n) is 6.22. The molecular weight excluding hydrogens is 683 g/mol. The molecule has 0 saturated heterocycles. The highest BCUT2D eigenvalue weighted by Crippen LogP contribution is 2.16. The Bertz CT molecular complexity index is 1080. The first-order valence-corrected chi connectivity index (χ1v) is 22.4. The van der Waals surface area contributed by atoms with Crippen LogP contribution in [0.3, 0.4) is 0 Å². The molecule has 0 spiro atoms. The van der Waals surface area contributed by atoms with Gasteiger partial charge in [-0.2, -0.15) is 0 Å². The van der Waals surface area contributed by atoms with Gasteiger partial charge in [0.05, 0.1) is 25.2 Å². The van der Waals surface area contributed by atoms with Gasteiger partial charge in [0.15, 0.2) is 0 Å². The summed E-state index contributed by atoms with van der Waals surface area (Å²) in [5, 5.41) is 23.6. The number of hydrogen-bond donors (Lipinski definition) is 3. The van der Waals surface area contributed by atoms with Crippen LogP contribution in [0, 0.1) is 0 Å². The Labute approximate surface area is 338 Å². The standard InChI is InChI=1S/C49H83NO5/c1-4-7-10-13-16-19-21-23-25-26-29-31-34-37-40-45(55-49(54)42-39-36-33-30-27-24-22-20-17-14-11-8-5-2)43-48(53)50-46(44-51)47(52)41-38-35-32-28-18-15-12-9-6-3/h7-8,10-11,14,16-17,19-20,22-25,27,45-47,51-52H,4-6,9,12-13,15,18,21,26,28-44H2,1-3H3,(H,50,53)/b10-7+,11-8+,17-14+,19-16+,22-20-,25-23+,27-24-. The molecule has 6 nitrogen and oxygen atoms in total. The number of allylic oxidation sites excluding steroid dienone is 14. The van der Waals surface area contributed by atoms with E-state index < -0.39 is 18.2 Å². The molecule has 3 N–H and O–H groups in total. The second-order valence-electron chi connectivity index (χ2n) is 14.8. The van der Waals surface area contributed by atoms with E-state index in [1.54, 1.807) is 0 Å². The Kier molecular flexibility index (Phi) is 39.9. The molecule has 314 valence electrons. The number of ether oxygens (including phenoxy) is 1. The third-order valence-electron chi connectivity index (χ3n) is 9.56. The molecule has 0 saturated carbocycles. The Balaban J connectivity index is 4.75. The van der Waals surface area contributed by atoms with E-state index in [0.717, 1.165) is 103 Å². The zero-order valence-corrected chi connectivity index (χ0v) is 35.5. The van der Waals surface area contributed by atoms with Crippen molar-refractivity contribution in [3.8, 4) is 0 Å². The number of nitrogens with one attached hydrogen (secondary N) is 1. The van der Waals surface area contributed by atoms with E-state index in [2.05, 4.69) is 80.8 Å². The maximum Gasteiger partial charge on any atom is 0.306 e. The Morgan fingerprint density at radius 3 is 1.71 bits per heavy atom. The minimum absolute atomic E-state index is 0.0415. The van der Waals surface area contributed by atoms with Crippen LogP contribution in [-0.4, -0.2) is 46.9 Å². The zero-order valence-electron chi connectivity index (χ0n) is 35.5. The van der Waals surface area contributed by atoms with Crippen LogP contribution in [0.1, 0.15) is 188 Å². The summed E-state index contributed by atoms with van der Waals surface area (Å²) in [7, 11) is 0. The third-order valence-corrected chi connectivity index (χ3v) is 9.56. The zero-order chi connectivity index (χ0) is 40.3. The van der Waals surface area contributed by atoms with Crippen molar-refractivity contribution in [3.63, 3.8) is 0 Å². The van der Waals surface area contributed by atoms with E-state index in [1.807, 2.05) is 30.4 Å². The second kappa shape index (κ2) is 42.2. The highest BCUT2D eigenvalue weighted by molar-refractivity contribution is 5.77. The van der Waals surface area contributed by atoms with Crippen molar-refractivity contribution >= 4 is 11.9 Å². The molecule has 0 aromatic carbocycles. The van der Waals surface area contributed by atoms with Gasteiger partial charge in [0, 0.05) is 6.42 Å². The van der Waals surface area contributed by atoms with Gasteiger partial charge in [0.2, 0.25) is 5.91 Å². The summed E-state index contributed by atoms with van der Waals surface area (Å²) in [4.78, 5) is 26.0. The predicted octanol–water partition coefficient (Wildman–Crippen LogP) is 12.8. The smallest absolute Gasteiger partial charge is 0.306 e. The van der Waals surface area contributed by atoms with Gasteiger partial charge >= 0.3 is 5.97 Å². The van der Waals surface area contributed by atoms with Gasteiger partial charge in [-0.1, -0.05) is 183 Å². The van der Waals surface area contributed by atoms with Crippen molar-refractivity contribution in [3.05, 3.63) is 85.1 Å². The summed E-state index contributed by atoms with van der Waals surface area (Å²) in [6.07, 6.45) is 53.6. The average molecular weight is 766 g/mol. The second-order valence-corrected chi connectivity index (χ2v) is 14.8. The molecule has 0 radical (unpaired) electrons. The van der Waals surface area contributed by atoms with Crippen molar-refractivity contribution in [1.29, 1.82) is 0 Å². The molecule has 1 amide bonds. The number of carbonyl (C=O) groups excluding carboxylic acids is 2. The molecule has 3 atom stereocenters. The van der Waals surface area contributed by atoms with Gasteiger partial charge < -0.3 is 20.3 Å². The van der Waals surface area contributed by atoms with Gasteiger partial charge in [-0.15, -0.1) is 0 Å². The SMILES string of the molecule is CC/C=C/C=C/C=C\C=C/CCCCCC(=O)OC(CCCCCC/C=C/C/C=C/C/C=C/CC)CC(=O)NC(CO)C(O)CCCCCCCCCCC. The summed E-state index contributed by atoms with van der Waals surface area (Å²) in [6.45, 7) is 6.17. The number of esters is 1. The minimum atomic E-state index is -0.803. The highest BCUT2D eigenvalue weighted by atomic mass is 16.5. The topological polar surface area (TPSA) is 95.9 Å². The first-order valence-electron chi connectivity index (χ1n) is 22.4. The molecule has 0 heterocycles. The van der Waals surface area contributed by atoms with Gasteiger partial charge in [-0.05, 0) is 77.0 Å². The first-order chi connectivity index (χ1) is 27.0. The van der Waals surface area contributed by atoms with E-state index in [4.69, 9.17) is 4.74 Å². The Hall–Kier alpha value is -2.96. The van der Waals surface area contributed by atoms with E-state index >= 15 is 0 Å². The van der Waals surface area contributed by atoms with Crippen LogP contribution in [-0.2, 0) is 14.3 Å². The molecule has 0 aromatic heterocycles. The van der Waals surface area contributed by atoms with Gasteiger partial charge in [0.25, 0.3) is 0 Å². The maximum atomic E-state index is 13.1. The molecule has 3 unspecified atom stereocenters. The fraction of sp³-hybridized carbons (Fsp3) is 0.673. The lowest BCUT2D eigenvalue weighted by Crippen LogP contribution is -2.46. The Morgan fingerprint density at radius 1 is 0.564 bits per heavy atom. The van der Waals surface area contributed by atoms with Crippen molar-refractivity contribution in [2.45, 2.75) is 206 Å². The van der Waals surface area contributed by atoms with Crippen LogP contribution in [0.4, 0.5) is 0 Å². The summed E-state index contributed by atoms with van der Waals surface area (Å²) in [6, 6.07) is -0.719. The number of rotatable bonds is 38. The molecule has 0 aromatic rings. The largest absolute Gasteiger partial charge is 0.462 e. The molecule has 0 fully saturated rings. The Morgan fingerprint density at radius 2 is 1.07 bits per heavy atom. The van der Waals surface area contributed by atoms with Crippen LogP contribution in [0.15, 0.2) is 85.1 Å². The maximum absolute atomic E-state index is 13.1. The van der Waals surface area contributed by atoms with Crippen molar-refractivity contribution in [2.75, 3.05) is 6.61 Å². The number of aliphatic hydroxyl groups excluding tert-OH is 2. The lowest BCUT2D eigenvalue weighted by molar-refractivity contribution is -0.151. The summed E-state index contributed by atoms with van der Waals surface area (Å²) in [5.41, 5.74) is 0. The number of unbranched alkanes of at least 4 members (excludes halogenated alkanes) is 15. The quantitative estimate of drug-likeness (QED) is 0.0252. The molecular formula is C49H83NO5. The molecule has 0 bridgehead atoms. The molecule has 6 heteroatoms. The van der Waals surface area contributed by atoms with Crippen molar-refractivity contribution < 1.29 is 24.5 Å². The van der Waals surface area contributed by atoms with Crippen LogP contribution in [0.25, 0.3) is 0 Å². The first kappa shape index (κ1) is 52.0. The molecule has 0 aliphatic heterocycles. The van der Waals surface area contributed by atoms with E-state index in [-0.39, 0.29) is 24.9 Å². The molecule has 0 aliphatic carbocycles. The van der Waals surface area contributed by atoms with Gasteiger partial charge in [0.1, 0.15) is 6.10 Å². The van der Waals surface area contributed by atoms with Crippen LogP contribution < -0.4 is 5.32 Å². The van der Waals surface area contributed by atoms with E-state index in [0.29, 0.717) is 19.3 Å². The number of aliphatic hydroxyl groups is 2. The van der Waals surface area contributed by atoms with Gasteiger partial charge in [-0.25, -0.2) is 0 Å². The normalized spacial score (nSPS) is 14.2. The van der Waals surface area contributed by atoms with Crippen LogP contribution >= 0.6 is 0 Å². The van der Waals surface area contributed by atoms with E-state index in [9.17, 15) is 19.8 Å². The molecule has 55 heavy (non-hydrogen) atoms.